The van der Waals surface area contributed by atoms with Gasteiger partial charge in [-0.2, -0.15) is 0 Å². The maximum atomic E-state index is 13.3. The van der Waals surface area contributed by atoms with Gasteiger partial charge in [-0.15, -0.1) is 0 Å². The number of H-pyrrole nitrogens is 2. The van der Waals surface area contributed by atoms with Crippen molar-refractivity contribution in [3.63, 3.8) is 0 Å². The Bertz CT molecular complexity index is 1190. The Balaban J connectivity index is 1.82. The topological polar surface area (TPSA) is 117 Å². The van der Waals surface area contributed by atoms with Gasteiger partial charge in [0.05, 0.1) is 0 Å². The zero-order valence-corrected chi connectivity index (χ0v) is 20.1. The Kier molecular flexibility index (Phi) is 8.90. The van der Waals surface area contributed by atoms with Gasteiger partial charge < -0.3 is 15.6 Å². The van der Waals surface area contributed by atoms with Crippen molar-refractivity contribution >= 4 is 17.4 Å². The standard InChI is InChI=1S/C26H35N5O3/c1-3-5-10-18-30(23-24(27)31(17-6-4-2)26(34)29-25(23)33)22(32)16-14-20-13-15-21(28-20)19-11-8-7-9-12-19/h7-9,11-13,15,28H,3-6,10,14,16-18,27H2,1-2H3,(H,29,33,34). The van der Waals surface area contributed by atoms with Gasteiger partial charge in [-0.1, -0.05) is 63.4 Å². The molecule has 34 heavy (non-hydrogen) atoms. The number of hydrogen-bond acceptors (Lipinski definition) is 4. The lowest BCUT2D eigenvalue weighted by molar-refractivity contribution is -0.118. The number of benzene rings is 1. The van der Waals surface area contributed by atoms with E-state index in [-0.39, 0.29) is 23.8 Å². The van der Waals surface area contributed by atoms with Crippen LogP contribution in [0.3, 0.4) is 0 Å². The van der Waals surface area contributed by atoms with Crippen LogP contribution >= 0.6 is 0 Å². The van der Waals surface area contributed by atoms with Crippen LogP contribution in [0.2, 0.25) is 0 Å². The number of aryl methyl sites for hydroxylation is 1. The average Bonchev–Trinajstić information content (AvgIpc) is 3.31. The molecule has 2 aromatic heterocycles. The van der Waals surface area contributed by atoms with Gasteiger partial charge in [0.1, 0.15) is 5.82 Å². The SMILES string of the molecule is CCCCCN(C(=O)CCc1ccc(-c2ccccc2)[nH]1)c1c(N)n(CCCC)c(=O)[nH]c1=O. The molecule has 0 saturated carbocycles. The Morgan fingerprint density at radius 1 is 0.971 bits per heavy atom. The number of carbonyl (C=O) groups excluding carboxylic acids is 1. The van der Waals surface area contributed by atoms with Crippen molar-refractivity contribution in [3.8, 4) is 11.3 Å². The summed E-state index contributed by atoms with van der Waals surface area (Å²) in [6.07, 6.45) is 4.99. The largest absolute Gasteiger partial charge is 0.383 e. The van der Waals surface area contributed by atoms with Crippen molar-refractivity contribution in [3.05, 3.63) is 69.0 Å². The third-order valence-corrected chi connectivity index (χ3v) is 5.95. The molecule has 0 fully saturated rings. The molecule has 8 nitrogen and oxygen atoms in total. The van der Waals surface area contributed by atoms with Gasteiger partial charge in [-0.25, -0.2) is 4.79 Å². The highest BCUT2D eigenvalue weighted by Gasteiger charge is 2.24. The van der Waals surface area contributed by atoms with Gasteiger partial charge in [-0.3, -0.25) is 19.1 Å². The van der Waals surface area contributed by atoms with E-state index in [9.17, 15) is 14.4 Å². The zero-order chi connectivity index (χ0) is 24.5. The minimum absolute atomic E-state index is 0.0540. The number of anilines is 2. The molecule has 0 unspecified atom stereocenters. The zero-order valence-electron chi connectivity index (χ0n) is 20.1. The summed E-state index contributed by atoms with van der Waals surface area (Å²) in [7, 11) is 0. The van der Waals surface area contributed by atoms with Crippen molar-refractivity contribution < 1.29 is 4.79 Å². The molecule has 0 radical (unpaired) electrons. The molecule has 1 aromatic carbocycles. The number of unbranched alkanes of at least 4 members (excludes halogenated alkanes) is 3. The highest BCUT2D eigenvalue weighted by molar-refractivity contribution is 5.95. The molecule has 3 rings (SSSR count). The van der Waals surface area contributed by atoms with Gasteiger partial charge in [0.2, 0.25) is 5.91 Å². The van der Waals surface area contributed by atoms with E-state index in [4.69, 9.17) is 5.73 Å². The number of amides is 1. The fourth-order valence-electron chi connectivity index (χ4n) is 4.01. The Morgan fingerprint density at radius 2 is 1.71 bits per heavy atom. The van der Waals surface area contributed by atoms with E-state index in [1.54, 1.807) is 0 Å². The first-order valence-electron chi connectivity index (χ1n) is 12.1. The maximum absolute atomic E-state index is 13.3. The number of hydrogen-bond donors (Lipinski definition) is 3. The van der Waals surface area contributed by atoms with Crippen molar-refractivity contribution in [1.82, 2.24) is 14.5 Å². The molecule has 2 heterocycles. The number of aromatic amines is 2. The number of rotatable bonds is 12. The summed E-state index contributed by atoms with van der Waals surface area (Å²) < 4.78 is 1.36. The summed E-state index contributed by atoms with van der Waals surface area (Å²) in [5.74, 6) is -0.136. The first-order valence-corrected chi connectivity index (χ1v) is 12.1. The molecule has 0 atom stereocenters. The van der Waals surface area contributed by atoms with E-state index in [0.717, 1.165) is 49.1 Å². The normalized spacial score (nSPS) is 11.0. The van der Waals surface area contributed by atoms with Crippen LogP contribution in [0.4, 0.5) is 11.5 Å². The second-order valence-electron chi connectivity index (χ2n) is 8.51. The van der Waals surface area contributed by atoms with Gasteiger partial charge >= 0.3 is 5.69 Å². The van der Waals surface area contributed by atoms with Crippen LogP contribution in [0, 0.1) is 0 Å². The number of nitrogen functional groups attached to an aromatic ring is 1. The van der Waals surface area contributed by atoms with Crippen molar-refractivity contribution in [2.45, 2.75) is 65.3 Å². The molecule has 0 bridgehead atoms. The number of aromatic nitrogens is 3. The average molecular weight is 466 g/mol. The highest BCUT2D eigenvalue weighted by atomic mass is 16.2. The number of nitrogens with one attached hydrogen (secondary N) is 2. The van der Waals surface area contributed by atoms with E-state index >= 15 is 0 Å². The van der Waals surface area contributed by atoms with Crippen LogP contribution in [-0.4, -0.2) is 27.0 Å². The number of nitrogens with zero attached hydrogens (tertiary/aromatic N) is 2. The van der Waals surface area contributed by atoms with Crippen LogP contribution in [0.15, 0.2) is 52.1 Å². The number of nitrogens with two attached hydrogens (primary N) is 1. The molecular weight excluding hydrogens is 430 g/mol. The summed E-state index contributed by atoms with van der Waals surface area (Å²) >= 11 is 0. The van der Waals surface area contributed by atoms with Crippen molar-refractivity contribution in [2.24, 2.45) is 0 Å². The van der Waals surface area contributed by atoms with E-state index in [0.29, 0.717) is 19.5 Å². The van der Waals surface area contributed by atoms with Gasteiger partial charge in [0, 0.05) is 30.9 Å². The first kappa shape index (κ1) is 25.1. The van der Waals surface area contributed by atoms with Crippen molar-refractivity contribution in [1.29, 1.82) is 0 Å². The van der Waals surface area contributed by atoms with Crippen LogP contribution in [0.5, 0.6) is 0 Å². The second kappa shape index (κ2) is 12.1. The van der Waals surface area contributed by atoms with Crippen molar-refractivity contribution in [2.75, 3.05) is 17.2 Å². The fraction of sp³-hybridized carbons (Fsp3) is 0.423. The van der Waals surface area contributed by atoms with E-state index in [1.165, 1.54) is 9.47 Å². The van der Waals surface area contributed by atoms with E-state index < -0.39 is 11.2 Å². The Labute approximate surface area is 199 Å². The van der Waals surface area contributed by atoms with Gasteiger partial charge in [0.15, 0.2) is 5.69 Å². The molecule has 0 saturated heterocycles. The van der Waals surface area contributed by atoms with Crippen LogP contribution in [0.25, 0.3) is 11.3 Å². The molecule has 4 N–H and O–H groups in total. The molecule has 3 aromatic rings. The monoisotopic (exact) mass is 465 g/mol. The van der Waals surface area contributed by atoms with E-state index in [1.807, 2.05) is 49.4 Å². The lowest BCUT2D eigenvalue weighted by Crippen LogP contribution is -2.41. The summed E-state index contributed by atoms with van der Waals surface area (Å²) in [5.41, 5.74) is 8.21. The molecule has 0 aliphatic heterocycles. The lowest BCUT2D eigenvalue weighted by Gasteiger charge is -2.24. The summed E-state index contributed by atoms with van der Waals surface area (Å²) in [6, 6.07) is 14.0. The smallest absolute Gasteiger partial charge is 0.330 e. The molecular formula is C26H35N5O3. The molecule has 8 heteroatoms. The minimum Gasteiger partial charge on any atom is -0.383 e. The molecule has 0 aliphatic carbocycles. The molecule has 1 amide bonds. The molecule has 182 valence electrons. The third kappa shape index (κ3) is 6.07. The predicted molar refractivity (Wildman–Crippen MR) is 137 cm³/mol. The summed E-state index contributed by atoms with van der Waals surface area (Å²) in [5, 5.41) is 0. The lowest BCUT2D eigenvalue weighted by atomic mass is 10.2. The van der Waals surface area contributed by atoms with E-state index in [2.05, 4.69) is 16.9 Å². The van der Waals surface area contributed by atoms with Gasteiger partial charge in [0.25, 0.3) is 5.56 Å². The Hall–Kier alpha value is -3.55. The summed E-state index contributed by atoms with van der Waals surface area (Å²) in [6.45, 7) is 4.87. The van der Waals surface area contributed by atoms with Crippen LogP contribution in [0.1, 0.15) is 58.1 Å². The molecule has 0 aliphatic rings. The summed E-state index contributed by atoms with van der Waals surface area (Å²) in [4.78, 5) is 45.6. The fourth-order valence-corrected chi connectivity index (χ4v) is 4.01. The molecule has 0 spiro atoms. The number of carbonyl (C=O) groups is 1. The highest BCUT2D eigenvalue weighted by Crippen LogP contribution is 2.21. The second-order valence-corrected chi connectivity index (χ2v) is 8.51. The maximum Gasteiger partial charge on any atom is 0.330 e. The Morgan fingerprint density at radius 3 is 2.41 bits per heavy atom. The first-order chi connectivity index (χ1) is 16.5. The third-order valence-electron chi connectivity index (χ3n) is 5.95. The quantitative estimate of drug-likeness (QED) is 0.350. The minimum atomic E-state index is -0.619. The van der Waals surface area contributed by atoms with Crippen LogP contribution < -0.4 is 21.9 Å². The van der Waals surface area contributed by atoms with Crippen LogP contribution in [-0.2, 0) is 17.8 Å². The predicted octanol–water partition coefficient (Wildman–Crippen LogP) is 4.07. The van der Waals surface area contributed by atoms with Gasteiger partial charge in [-0.05, 0) is 37.0 Å².